The smallest absolute Gasteiger partial charge is 0.297 e. The van der Waals surface area contributed by atoms with Gasteiger partial charge in [-0.15, -0.1) is 0 Å². The molecule has 0 aromatic heterocycles. The molecule has 0 radical (unpaired) electrons. The third-order valence-corrected chi connectivity index (χ3v) is 1.39. The number of carbonyl (C=O) groups is 1. The average Bonchev–Trinajstić information content (AvgIpc) is 2.26. The highest BCUT2D eigenvalue weighted by Crippen LogP contribution is 2.08. The Kier molecular flexibility index (Phi) is 2.93. The molecule has 0 amide bonds. The lowest BCUT2D eigenvalue weighted by atomic mass is 10.2. The minimum Gasteiger partial charge on any atom is -0.297 e. The molecule has 15 heavy (non-hydrogen) atoms. The van der Waals surface area contributed by atoms with Crippen molar-refractivity contribution in [1.29, 1.82) is 0 Å². The van der Waals surface area contributed by atoms with E-state index in [2.05, 4.69) is 4.89 Å². The first-order valence-corrected chi connectivity index (χ1v) is 4.69. The zero-order valence-electron chi connectivity index (χ0n) is 11.1. The van der Waals surface area contributed by atoms with Gasteiger partial charge in [-0.25, -0.2) is 4.79 Å². The fourth-order valence-corrected chi connectivity index (χ4v) is 0.823. The molecule has 0 aliphatic carbocycles. The molecular formula is C12H16O3. The van der Waals surface area contributed by atoms with Crippen molar-refractivity contribution < 1.29 is 17.3 Å². The summed E-state index contributed by atoms with van der Waals surface area (Å²) in [5, 5.41) is 0. The van der Waals surface area contributed by atoms with Crippen LogP contribution < -0.4 is 0 Å². The highest BCUT2D eigenvalue weighted by Gasteiger charge is 2.15. The molecule has 1 aromatic rings. The van der Waals surface area contributed by atoms with Crippen LogP contribution in [-0.2, 0) is 20.9 Å². The zero-order chi connectivity index (χ0) is 13.1. The SMILES string of the molecule is [2H]C([2H])(C(=O)OOC(C)(C)C)c1ccccc1. The maximum Gasteiger partial charge on any atom is 0.346 e. The second kappa shape index (κ2) is 4.94. The van der Waals surface area contributed by atoms with Crippen molar-refractivity contribution >= 4 is 5.97 Å². The summed E-state index contributed by atoms with van der Waals surface area (Å²) in [5.74, 6) is -1.06. The van der Waals surface area contributed by atoms with E-state index < -0.39 is 17.9 Å². The molecule has 0 unspecified atom stereocenters. The van der Waals surface area contributed by atoms with Crippen LogP contribution in [0.5, 0.6) is 0 Å². The Labute approximate surface area is 92.7 Å². The molecule has 3 nitrogen and oxygen atoms in total. The third kappa shape index (κ3) is 5.18. The van der Waals surface area contributed by atoms with Gasteiger partial charge in [0.05, 0.1) is 6.37 Å². The predicted octanol–water partition coefficient (Wildman–Crippen LogP) is 2.50. The first-order valence-electron chi connectivity index (χ1n) is 5.69. The minimum absolute atomic E-state index is 0.238. The molecule has 0 N–H and O–H groups in total. The molecule has 0 aliphatic heterocycles. The van der Waals surface area contributed by atoms with Gasteiger partial charge in [0, 0.05) is 2.74 Å². The Morgan fingerprint density at radius 2 is 1.93 bits per heavy atom. The normalized spacial score (nSPS) is 14.1. The van der Waals surface area contributed by atoms with E-state index in [4.69, 9.17) is 7.63 Å². The Morgan fingerprint density at radius 3 is 2.47 bits per heavy atom. The van der Waals surface area contributed by atoms with E-state index in [-0.39, 0.29) is 5.56 Å². The standard InChI is InChI=1S/C12H16O3/c1-12(2,3)15-14-11(13)9-10-7-5-4-6-8-10/h4-8H,9H2,1-3H3/i9D2. The van der Waals surface area contributed by atoms with E-state index in [1.807, 2.05) is 0 Å². The van der Waals surface area contributed by atoms with E-state index >= 15 is 0 Å². The summed E-state index contributed by atoms with van der Waals surface area (Å²) in [4.78, 5) is 20.9. The van der Waals surface area contributed by atoms with E-state index in [0.717, 1.165) is 0 Å². The van der Waals surface area contributed by atoms with Crippen LogP contribution in [0.1, 0.15) is 29.1 Å². The molecule has 0 atom stereocenters. The summed E-state index contributed by atoms with van der Waals surface area (Å²) in [6.45, 7) is 5.12. The molecule has 1 rings (SSSR count). The number of hydrogen-bond donors (Lipinski definition) is 0. The van der Waals surface area contributed by atoms with Crippen LogP contribution in [0.2, 0.25) is 0 Å². The quantitative estimate of drug-likeness (QED) is 0.568. The molecular weight excluding hydrogens is 192 g/mol. The predicted molar refractivity (Wildman–Crippen MR) is 57.1 cm³/mol. The molecule has 0 bridgehead atoms. The van der Waals surface area contributed by atoms with E-state index in [1.54, 1.807) is 39.0 Å². The Balaban J connectivity index is 2.74. The van der Waals surface area contributed by atoms with Crippen LogP contribution in [-0.4, -0.2) is 11.6 Å². The molecule has 0 aliphatic rings. The van der Waals surface area contributed by atoms with Crippen molar-refractivity contribution in [2.45, 2.75) is 32.7 Å². The highest BCUT2D eigenvalue weighted by molar-refractivity contribution is 5.71. The van der Waals surface area contributed by atoms with Gasteiger partial charge in [-0.2, -0.15) is 4.89 Å². The molecule has 0 fully saturated rings. The largest absolute Gasteiger partial charge is 0.346 e. The number of hydrogen-bond acceptors (Lipinski definition) is 3. The number of benzene rings is 1. The Bertz CT molecular complexity index is 382. The molecule has 82 valence electrons. The molecule has 0 heterocycles. The number of rotatable bonds is 3. The third-order valence-electron chi connectivity index (χ3n) is 1.39. The van der Waals surface area contributed by atoms with E-state index in [0.29, 0.717) is 0 Å². The van der Waals surface area contributed by atoms with Crippen LogP contribution in [0.15, 0.2) is 30.3 Å². The topological polar surface area (TPSA) is 35.5 Å². The van der Waals surface area contributed by atoms with Gasteiger partial charge in [-0.05, 0) is 26.3 Å². The Morgan fingerprint density at radius 1 is 1.33 bits per heavy atom. The lowest BCUT2D eigenvalue weighted by molar-refractivity contribution is -0.320. The van der Waals surface area contributed by atoms with Crippen LogP contribution >= 0.6 is 0 Å². The van der Waals surface area contributed by atoms with Crippen LogP contribution in [0, 0.1) is 0 Å². The van der Waals surface area contributed by atoms with Gasteiger partial charge >= 0.3 is 5.97 Å². The zero-order valence-corrected chi connectivity index (χ0v) is 9.11. The second-order valence-electron chi connectivity index (χ2n) is 4.06. The van der Waals surface area contributed by atoms with Gasteiger partial charge in [-0.1, -0.05) is 30.3 Å². The molecule has 0 saturated carbocycles. The van der Waals surface area contributed by atoms with Gasteiger partial charge in [-0.3, -0.25) is 4.89 Å². The van der Waals surface area contributed by atoms with Crippen molar-refractivity contribution in [3.63, 3.8) is 0 Å². The lowest BCUT2D eigenvalue weighted by Crippen LogP contribution is -2.22. The van der Waals surface area contributed by atoms with Gasteiger partial charge in [0.1, 0.15) is 5.60 Å². The molecule has 1 aromatic carbocycles. The van der Waals surface area contributed by atoms with Crippen LogP contribution in [0.4, 0.5) is 0 Å². The summed E-state index contributed by atoms with van der Waals surface area (Å²) >= 11 is 0. The Hall–Kier alpha value is -1.35. The summed E-state index contributed by atoms with van der Waals surface area (Å²) < 4.78 is 15.4. The fourth-order valence-electron chi connectivity index (χ4n) is 0.823. The van der Waals surface area contributed by atoms with Crippen LogP contribution in [0.3, 0.4) is 0 Å². The summed E-state index contributed by atoms with van der Waals surface area (Å²) in [5.41, 5.74) is -0.426. The summed E-state index contributed by atoms with van der Waals surface area (Å²) in [7, 11) is 0. The first kappa shape index (κ1) is 8.92. The van der Waals surface area contributed by atoms with Crippen LogP contribution in [0.25, 0.3) is 0 Å². The second-order valence-corrected chi connectivity index (χ2v) is 4.06. The van der Waals surface area contributed by atoms with Gasteiger partial charge in [0.25, 0.3) is 0 Å². The van der Waals surface area contributed by atoms with Gasteiger partial charge in [0.15, 0.2) is 0 Å². The first-order chi connectivity index (χ1) is 7.73. The molecule has 0 saturated heterocycles. The summed E-state index contributed by atoms with van der Waals surface area (Å²) in [6.07, 6.45) is -2.22. The molecule has 0 spiro atoms. The van der Waals surface area contributed by atoms with E-state index in [9.17, 15) is 4.79 Å². The van der Waals surface area contributed by atoms with Crippen molar-refractivity contribution in [1.82, 2.24) is 0 Å². The van der Waals surface area contributed by atoms with Gasteiger partial charge in [0.2, 0.25) is 0 Å². The average molecular weight is 210 g/mol. The lowest BCUT2D eigenvalue weighted by Gasteiger charge is -2.16. The summed E-state index contributed by atoms with van der Waals surface area (Å²) in [6, 6.07) is 8.11. The van der Waals surface area contributed by atoms with E-state index in [1.165, 1.54) is 12.1 Å². The van der Waals surface area contributed by atoms with Gasteiger partial charge < -0.3 is 0 Å². The van der Waals surface area contributed by atoms with Crippen molar-refractivity contribution in [3.05, 3.63) is 35.9 Å². The number of carbonyl (C=O) groups excluding carboxylic acids is 1. The minimum atomic E-state index is -2.22. The fraction of sp³-hybridized carbons (Fsp3) is 0.417. The van der Waals surface area contributed by atoms with Crippen molar-refractivity contribution in [3.8, 4) is 0 Å². The molecule has 3 heteroatoms. The van der Waals surface area contributed by atoms with Crippen molar-refractivity contribution in [2.24, 2.45) is 0 Å². The van der Waals surface area contributed by atoms with Crippen molar-refractivity contribution in [2.75, 3.05) is 0 Å². The highest BCUT2D eigenvalue weighted by atomic mass is 17.2. The maximum atomic E-state index is 11.6. The monoisotopic (exact) mass is 210 g/mol. The maximum absolute atomic E-state index is 11.6.